The summed E-state index contributed by atoms with van der Waals surface area (Å²) in [5.74, 6) is 0.952. The van der Waals surface area contributed by atoms with Crippen molar-refractivity contribution in [3.8, 4) is 39.3 Å². The number of fused-ring (bicyclic) bond motifs is 5. The molecule has 1 aromatic heterocycles. The number of aromatic nitrogens is 2. The van der Waals surface area contributed by atoms with Gasteiger partial charge in [-0.05, 0) is 105 Å². The monoisotopic (exact) mass is 679 g/mol. The second kappa shape index (κ2) is 12.2. The van der Waals surface area contributed by atoms with E-state index in [1.54, 1.807) is 0 Å². The zero-order chi connectivity index (χ0) is 35.5. The minimum Gasteiger partial charge on any atom is -0.310 e. The number of imidazole rings is 1. The van der Waals surface area contributed by atoms with E-state index < -0.39 is 0 Å². The van der Waals surface area contributed by atoms with Crippen LogP contribution in [-0.2, 0) is 5.41 Å². The summed E-state index contributed by atoms with van der Waals surface area (Å²) in [7, 11) is 0. The quantitative estimate of drug-likeness (QED) is 0.174. The molecule has 1 aliphatic rings. The molecule has 10 rings (SSSR count). The Morgan fingerprint density at radius 2 is 1.02 bits per heavy atom. The zero-order valence-corrected chi connectivity index (χ0v) is 29.7. The topological polar surface area (TPSA) is 21.1 Å². The predicted molar refractivity (Wildman–Crippen MR) is 222 cm³/mol. The van der Waals surface area contributed by atoms with Gasteiger partial charge in [0.15, 0.2) is 0 Å². The van der Waals surface area contributed by atoms with Crippen molar-refractivity contribution in [2.45, 2.75) is 19.3 Å². The summed E-state index contributed by atoms with van der Waals surface area (Å²) in [6.45, 7) is 4.71. The molecule has 0 radical (unpaired) electrons. The highest BCUT2D eigenvalue weighted by Gasteiger charge is 2.37. The van der Waals surface area contributed by atoms with Gasteiger partial charge in [0.05, 0.1) is 11.0 Å². The number of hydrogen-bond donors (Lipinski definition) is 0. The highest BCUT2D eigenvalue weighted by atomic mass is 15.1. The summed E-state index contributed by atoms with van der Waals surface area (Å²) >= 11 is 0. The van der Waals surface area contributed by atoms with Crippen molar-refractivity contribution in [3.63, 3.8) is 0 Å². The van der Waals surface area contributed by atoms with Crippen molar-refractivity contribution in [3.05, 3.63) is 199 Å². The van der Waals surface area contributed by atoms with Crippen molar-refractivity contribution in [2.75, 3.05) is 4.90 Å². The molecule has 8 aromatic carbocycles. The summed E-state index contributed by atoms with van der Waals surface area (Å²) < 4.78 is 2.31. The van der Waals surface area contributed by atoms with Crippen LogP contribution in [0.4, 0.5) is 17.1 Å². The lowest BCUT2D eigenvalue weighted by Crippen LogP contribution is -2.16. The van der Waals surface area contributed by atoms with Crippen molar-refractivity contribution < 1.29 is 0 Å². The van der Waals surface area contributed by atoms with Crippen LogP contribution in [0, 0.1) is 0 Å². The van der Waals surface area contributed by atoms with E-state index in [2.05, 4.69) is 211 Å². The molecule has 9 aromatic rings. The molecular formula is C50H37N3. The molecule has 1 heterocycles. The summed E-state index contributed by atoms with van der Waals surface area (Å²) in [4.78, 5) is 7.70. The lowest BCUT2D eigenvalue weighted by Gasteiger charge is -2.28. The van der Waals surface area contributed by atoms with Crippen LogP contribution in [0.25, 0.3) is 61.1 Å². The molecule has 0 N–H and O–H groups in total. The second-order valence-corrected chi connectivity index (χ2v) is 14.5. The van der Waals surface area contributed by atoms with Gasteiger partial charge in [0.25, 0.3) is 0 Å². The van der Waals surface area contributed by atoms with Crippen LogP contribution in [0.5, 0.6) is 0 Å². The summed E-state index contributed by atoms with van der Waals surface area (Å²) in [6, 6.07) is 67.7. The van der Waals surface area contributed by atoms with Gasteiger partial charge in [-0.25, -0.2) is 4.98 Å². The predicted octanol–water partition coefficient (Wildman–Crippen LogP) is 13.3. The molecule has 0 aliphatic heterocycles. The maximum absolute atomic E-state index is 5.30. The summed E-state index contributed by atoms with van der Waals surface area (Å²) in [5.41, 5.74) is 15.0. The molecule has 0 atom stereocenters. The second-order valence-electron chi connectivity index (χ2n) is 14.5. The standard InChI is InChI=1S/C50H37N3/c1-50(2)45-31-42(52(41-27-24-35-16-12-13-19-38(35)30-41)40-25-22-36(23-26-40)34-14-6-3-7-15-34)28-29-43(45)44-32-48-47(33-46(44)50)51-49(37-17-8-4-9-18-37)53(48)39-20-10-5-11-21-39/h3-33H,1-2H3. The molecule has 3 nitrogen and oxygen atoms in total. The molecule has 1 aliphatic carbocycles. The van der Waals surface area contributed by atoms with Gasteiger partial charge in [-0.2, -0.15) is 0 Å². The van der Waals surface area contributed by atoms with E-state index in [0.717, 1.165) is 45.2 Å². The highest BCUT2D eigenvalue weighted by Crippen LogP contribution is 2.52. The number of para-hydroxylation sites is 1. The number of hydrogen-bond acceptors (Lipinski definition) is 2. The van der Waals surface area contributed by atoms with E-state index in [9.17, 15) is 0 Å². The number of anilines is 3. The van der Waals surface area contributed by atoms with E-state index in [4.69, 9.17) is 4.98 Å². The van der Waals surface area contributed by atoms with E-state index in [1.165, 1.54) is 44.2 Å². The lowest BCUT2D eigenvalue weighted by molar-refractivity contribution is 0.661. The first-order chi connectivity index (χ1) is 26.0. The van der Waals surface area contributed by atoms with Crippen LogP contribution in [-0.4, -0.2) is 9.55 Å². The Hall–Kier alpha value is -6.71. The normalized spacial score (nSPS) is 12.9. The van der Waals surface area contributed by atoms with Crippen LogP contribution < -0.4 is 4.90 Å². The van der Waals surface area contributed by atoms with E-state index >= 15 is 0 Å². The van der Waals surface area contributed by atoms with Crippen LogP contribution in [0.15, 0.2) is 188 Å². The molecule has 0 bridgehead atoms. The van der Waals surface area contributed by atoms with E-state index in [-0.39, 0.29) is 5.41 Å². The smallest absolute Gasteiger partial charge is 0.145 e. The minimum atomic E-state index is -0.232. The first kappa shape index (κ1) is 31.1. The Bertz CT molecular complexity index is 2780. The molecule has 53 heavy (non-hydrogen) atoms. The lowest BCUT2D eigenvalue weighted by atomic mass is 9.82. The van der Waals surface area contributed by atoms with E-state index in [0.29, 0.717) is 0 Å². The molecule has 0 amide bonds. The van der Waals surface area contributed by atoms with Crippen molar-refractivity contribution in [1.29, 1.82) is 0 Å². The molecule has 252 valence electrons. The van der Waals surface area contributed by atoms with E-state index in [1.807, 2.05) is 0 Å². The van der Waals surface area contributed by atoms with Gasteiger partial charge in [0, 0.05) is 33.7 Å². The Balaban J connectivity index is 1.13. The first-order valence-corrected chi connectivity index (χ1v) is 18.3. The fourth-order valence-corrected chi connectivity index (χ4v) is 8.25. The maximum atomic E-state index is 5.30. The van der Waals surface area contributed by atoms with Crippen molar-refractivity contribution >= 4 is 38.9 Å². The summed E-state index contributed by atoms with van der Waals surface area (Å²) in [6.07, 6.45) is 0. The third-order valence-electron chi connectivity index (χ3n) is 11.0. The molecule has 0 saturated heterocycles. The van der Waals surface area contributed by atoms with Crippen LogP contribution in [0.1, 0.15) is 25.0 Å². The Morgan fingerprint density at radius 1 is 0.453 bits per heavy atom. The molecular weight excluding hydrogens is 643 g/mol. The zero-order valence-electron chi connectivity index (χ0n) is 29.7. The van der Waals surface area contributed by atoms with Gasteiger partial charge < -0.3 is 4.90 Å². The molecule has 0 saturated carbocycles. The third kappa shape index (κ3) is 5.16. The van der Waals surface area contributed by atoms with Gasteiger partial charge in [-0.3, -0.25) is 4.57 Å². The van der Waals surface area contributed by atoms with Crippen LogP contribution in [0.2, 0.25) is 0 Å². The van der Waals surface area contributed by atoms with Crippen LogP contribution >= 0.6 is 0 Å². The number of benzene rings is 8. The number of rotatable bonds is 6. The van der Waals surface area contributed by atoms with Gasteiger partial charge in [-0.15, -0.1) is 0 Å². The first-order valence-electron chi connectivity index (χ1n) is 18.3. The average molecular weight is 680 g/mol. The molecule has 0 fully saturated rings. The summed E-state index contributed by atoms with van der Waals surface area (Å²) in [5, 5.41) is 2.45. The van der Waals surface area contributed by atoms with Gasteiger partial charge >= 0.3 is 0 Å². The van der Waals surface area contributed by atoms with Crippen molar-refractivity contribution in [2.24, 2.45) is 0 Å². The van der Waals surface area contributed by atoms with Crippen molar-refractivity contribution in [1.82, 2.24) is 9.55 Å². The Labute approximate surface area is 310 Å². The molecule has 3 heteroatoms. The fraction of sp³-hybridized carbons (Fsp3) is 0.0600. The van der Waals surface area contributed by atoms with Gasteiger partial charge in [0.1, 0.15) is 5.82 Å². The molecule has 0 unspecified atom stereocenters. The SMILES string of the molecule is CC1(C)c2cc(N(c3ccc(-c4ccccc4)cc3)c3ccc4ccccc4c3)ccc2-c2cc3c(cc21)nc(-c1ccccc1)n3-c1ccccc1. The Morgan fingerprint density at radius 3 is 1.75 bits per heavy atom. The third-order valence-corrected chi connectivity index (χ3v) is 11.0. The van der Waals surface area contributed by atoms with Gasteiger partial charge in [-0.1, -0.05) is 141 Å². The maximum Gasteiger partial charge on any atom is 0.145 e. The Kier molecular flexibility index (Phi) is 7.16. The van der Waals surface area contributed by atoms with Crippen LogP contribution in [0.3, 0.4) is 0 Å². The van der Waals surface area contributed by atoms with Gasteiger partial charge in [0.2, 0.25) is 0 Å². The minimum absolute atomic E-state index is 0.232. The number of nitrogens with zero attached hydrogens (tertiary/aromatic N) is 3. The highest BCUT2D eigenvalue weighted by molar-refractivity contribution is 5.95. The fourth-order valence-electron chi connectivity index (χ4n) is 8.25. The largest absolute Gasteiger partial charge is 0.310 e. The average Bonchev–Trinajstić information content (AvgIpc) is 3.70. The molecule has 0 spiro atoms.